The zero-order chi connectivity index (χ0) is 11.9. The van der Waals surface area contributed by atoms with Crippen LogP contribution in [-0.2, 0) is 4.74 Å². The molecule has 2 atom stereocenters. The molecule has 1 saturated carbocycles. The van der Waals surface area contributed by atoms with Gasteiger partial charge in [0.25, 0.3) is 0 Å². The first-order valence-corrected chi connectivity index (χ1v) is 8.59. The first-order valence-electron chi connectivity index (χ1n) is 7.54. The molecule has 2 rings (SSSR count). The van der Waals surface area contributed by atoms with E-state index in [1.165, 1.54) is 70.0 Å². The average molecular weight is 256 g/mol. The molecule has 0 radical (unpaired) electrons. The van der Waals surface area contributed by atoms with Gasteiger partial charge in [0.15, 0.2) is 0 Å². The molecular formula is C15H28OS. The summed E-state index contributed by atoms with van der Waals surface area (Å²) in [5, 5.41) is 0.895. The monoisotopic (exact) mass is 256 g/mol. The molecule has 100 valence electrons. The lowest BCUT2D eigenvalue weighted by atomic mass is 9.90. The summed E-state index contributed by atoms with van der Waals surface area (Å²) < 4.78 is 5.58. The fourth-order valence-electron chi connectivity index (χ4n) is 3.37. The lowest BCUT2D eigenvalue weighted by molar-refractivity contribution is 0.0842. The van der Waals surface area contributed by atoms with Gasteiger partial charge in [0.2, 0.25) is 0 Å². The van der Waals surface area contributed by atoms with Crippen molar-refractivity contribution in [2.24, 2.45) is 5.92 Å². The van der Waals surface area contributed by atoms with E-state index >= 15 is 0 Å². The van der Waals surface area contributed by atoms with E-state index in [1.54, 1.807) is 0 Å². The Kier molecular flexibility index (Phi) is 6.21. The highest BCUT2D eigenvalue weighted by Crippen LogP contribution is 2.37. The Labute approximate surface area is 111 Å². The Morgan fingerprint density at radius 2 is 1.53 bits per heavy atom. The quantitative estimate of drug-likeness (QED) is 0.711. The zero-order valence-corrected chi connectivity index (χ0v) is 12.1. The Hall–Kier alpha value is 0.310. The van der Waals surface area contributed by atoms with Gasteiger partial charge in [0, 0.05) is 12.4 Å². The minimum atomic E-state index is 0.550. The molecule has 0 N–H and O–H groups in total. The number of methoxy groups -OCH3 is 1. The van der Waals surface area contributed by atoms with Crippen molar-refractivity contribution in [2.75, 3.05) is 12.9 Å². The smallest absolute Gasteiger partial charge is 0.0589 e. The van der Waals surface area contributed by atoms with Crippen LogP contribution in [0.25, 0.3) is 0 Å². The van der Waals surface area contributed by atoms with Crippen LogP contribution in [0.15, 0.2) is 0 Å². The van der Waals surface area contributed by atoms with E-state index in [0.29, 0.717) is 6.10 Å². The first kappa shape index (κ1) is 13.7. The molecule has 2 aliphatic rings. The van der Waals surface area contributed by atoms with Crippen LogP contribution in [0.1, 0.15) is 64.2 Å². The lowest BCUT2D eigenvalue weighted by Crippen LogP contribution is -2.29. The number of hydrogen-bond donors (Lipinski definition) is 0. The van der Waals surface area contributed by atoms with Gasteiger partial charge in [-0.15, -0.1) is 0 Å². The van der Waals surface area contributed by atoms with Crippen LogP contribution in [0.2, 0.25) is 0 Å². The molecule has 1 nitrogen and oxygen atoms in total. The van der Waals surface area contributed by atoms with Gasteiger partial charge in [0.05, 0.1) is 6.10 Å². The third-order valence-corrected chi connectivity index (χ3v) is 6.00. The predicted molar refractivity (Wildman–Crippen MR) is 76.7 cm³/mol. The summed E-state index contributed by atoms with van der Waals surface area (Å²) in [6.07, 6.45) is 14.9. The van der Waals surface area contributed by atoms with Gasteiger partial charge < -0.3 is 4.74 Å². The highest BCUT2D eigenvalue weighted by atomic mass is 32.2. The molecule has 1 aliphatic carbocycles. The fourth-order valence-corrected chi connectivity index (χ4v) is 4.97. The van der Waals surface area contributed by atoms with Crippen molar-refractivity contribution in [3.05, 3.63) is 0 Å². The van der Waals surface area contributed by atoms with Crippen LogP contribution in [-0.4, -0.2) is 24.2 Å². The van der Waals surface area contributed by atoms with Crippen LogP contribution < -0.4 is 0 Å². The molecule has 0 spiro atoms. The molecule has 0 amide bonds. The summed E-state index contributed by atoms with van der Waals surface area (Å²) >= 11 is 2.23. The lowest BCUT2D eigenvalue weighted by Gasteiger charge is -2.33. The van der Waals surface area contributed by atoms with Gasteiger partial charge in [0.1, 0.15) is 0 Å². The molecular weight excluding hydrogens is 228 g/mol. The molecule has 0 aromatic heterocycles. The first-order chi connectivity index (χ1) is 8.40. The number of ether oxygens (including phenoxy) is 1. The average Bonchev–Trinajstić information content (AvgIpc) is 2.52. The molecule has 2 fully saturated rings. The standard InChI is InChI=1S/C15H28OS/c1-16-14-10-11-17-15(12-14)13-8-6-4-2-3-5-7-9-13/h13-15H,2-12H2,1H3. The minimum Gasteiger partial charge on any atom is -0.381 e. The van der Waals surface area contributed by atoms with E-state index in [2.05, 4.69) is 11.8 Å². The van der Waals surface area contributed by atoms with Gasteiger partial charge in [-0.2, -0.15) is 11.8 Å². The van der Waals surface area contributed by atoms with E-state index in [4.69, 9.17) is 4.74 Å². The SMILES string of the molecule is COC1CCSC(C2CCCCCCCC2)C1. The Morgan fingerprint density at radius 1 is 0.882 bits per heavy atom. The summed E-state index contributed by atoms with van der Waals surface area (Å²) in [6, 6.07) is 0. The van der Waals surface area contributed by atoms with E-state index in [1.807, 2.05) is 7.11 Å². The topological polar surface area (TPSA) is 9.23 Å². The van der Waals surface area contributed by atoms with E-state index in [9.17, 15) is 0 Å². The maximum Gasteiger partial charge on any atom is 0.0589 e. The predicted octanol–water partition coefficient (Wildman–Crippen LogP) is 4.65. The van der Waals surface area contributed by atoms with Gasteiger partial charge >= 0.3 is 0 Å². The molecule has 1 heterocycles. The van der Waals surface area contributed by atoms with E-state index in [0.717, 1.165) is 11.2 Å². The molecule has 0 bridgehead atoms. The van der Waals surface area contributed by atoms with Crippen LogP contribution in [0, 0.1) is 5.92 Å². The third kappa shape index (κ3) is 4.48. The Morgan fingerprint density at radius 3 is 2.18 bits per heavy atom. The molecule has 1 saturated heterocycles. The minimum absolute atomic E-state index is 0.550. The van der Waals surface area contributed by atoms with Gasteiger partial charge in [-0.3, -0.25) is 0 Å². The van der Waals surface area contributed by atoms with Crippen molar-refractivity contribution < 1.29 is 4.74 Å². The van der Waals surface area contributed by atoms with Crippen LogP contribution in [0.3, 0.4) is 0 Å². The third-order valence-electron chi connectivity index (χ3n) is 4.53. The molecule has 1 aliphatic heterocycles. The van der Waals surface area contributed by atoms with E-state index in [-0.39, 0.29) is 0 Å². The fraction of sp³-hybridized carbons (Fsp3) is 1.00. The number of thioether (sulfide) groups is 1. The summed E-state index contributed by atoms with van der Waals surface area (Å²) in [7, 11) is 1.89. The van der Waals surface area contributed by atoms with Crippen molar-refractivity contribution in [2.45, 2.75) is 75.6 Å². The van der Waals surface area contributed by atoms with Gasteiger partial charge in [-0.05, 0) is 37.4 Å². The summed E-state index contributed by atoms with van der Waals surface area (Å²) in [5.41, 5.74) is 0. The summed E-state index contributed by atoms with van der Waals surface area (Å²) in [5.74, 6) is 2.30. The molecule has 2 heteroatoms. The van der Waals surface area contributed by atoms with Crippen molar-refractivity contribution >= 4 is 11.8 Å². The highest BCUT2D eigenvalue weighted by Gasteiger charge is 2.28. The Balaban J connectivity index is 1.84. The molecule has 17 heavy (non-hydrogen) atoms. The Bertz CT molecular complexity index is 197. The molecule has 2 unspecified atom stereocenters. The van der Waals surface area contributed by atoms with Crippen molar-refractivity contribution in [1.82, 2.24) is 0 Å². The largest absolute Gasteiger partial charge is 0.381 e. The summed E-state index contributed by atoms with van der Waals surface area (Å²) in [6.45, 7) is 0. The van der Waals surface area contributed by atoms with Gasteiger partial charge in [-0.1, -0.05) is 38.5 Å². The second-order valence-corrected chi connectivity index (χ2v) is 7.10. The van der Waals surface area contributed by atoms with Crippen molar-refractivity contribution in [1.29, 1.82) is 0 Å². The maximum atomic E-state index is 5.58. The molecule has 0 aromatic rings. The number of rotatable bonds is 2. The normalized spacial score (nSPS) is 33.7. The number of hydrogen-bond acceptors (Lipinski definition) is 2. The van der Waals surface area contributed by atoms with Crippen molar-refractivity contribution in [3.8, 4) is 0 Å². The zero-order valence-electron chi connectivity index (χ0n) is 11.3. The van der Waals surface area contributed by atoms with E-state index < -0.39 is 0 Å². The van der Waals surface area contributed by atoms with Crippen LogP contribution >= 0.6 is 11.8 Å². The highest BCUT2D eigenvalue weighted by molar-refractivity contribution is 7.99. The maximum absolute atomic E-state index is 5.58. The second-order valence-electron chi connectivity index (χ2n) is 5.75. The van der Waals surface area contributed by atoms with Crippen LogP contribution in [0.4, 0.5) is 0 Å². The summed E-state index contributed by atoms with van der Waals surface area (Å²) in [4.78, 5) is 0. The second kappa shape index (κ2) is 7.68. The van der Waals surface area contributed by atoms with Gasteiger partial charge in [-0.25, -0.2) is 0 Å². The van der Waals surface area contributed by atoms with Crippen molar-refractivity contribution in [3.63, 3.8) is 0 Å². The molecule has 0 aromatic carbocycles. The van der Waals surface area contributed by atoms with Crippen LogP contribution in [0.5, 0.6) is 0 Å².